The van der Waals surface area contributed by atoms with Crippen molar-refractivity contribution in [3.05, 3.63) is 99.6 Å². The number of nitriles is 1. The van der Waals surface area contributed by atoms with E-state index < -0.39 is 22.0 Å². The number of nitrogens with zero attached hydrogens (tertiary/aromatic N) is 4. The number of amides is 6. The van der Waals surface area contributed by atoms with Crippen LogP contribution in [0.15, 0.2) is 76.9 Å². The highest BCUT2D eigenvalue weighted by atomic mass is 33.1. The number of aromatic nitrogens is 1. The minimum absolute atomic E-state index is 0.0379. The van der Waals surface area contributed by atoms with E-state index in [4.69, 9.17) is 5.53 Å². The van der Waals surface area contributed by atoms with Gasteiger partial charge < -0.3 is 36.9 Å². The summed E-state index contributed by atoms with van der Waals surface area (Å²) >= 11 is 1.86. The molecule has 4 unspecified atom stereocenters. The number of nitrogens with one attached hydrogen (secondary N) is 8. The van der Waals surface area contributed by atoms with Crippen molar-refractivity contribution >= 4 is 95.3 Å². The normalized spacial score (nSPS) is 16.6. The monoisotopic (exact) mass is 1000 g/mol. The number of unbranched alkanes of at least 4 members (excludes halogenated alkanes) is 2. The molecule has 6 rings (SSSR count). The molecule has 360 valence electrons. The summed E-state index contributed by atoms with van der Waals surface area (Å²) in [5, 5.41) is 31.4. The summed E-state index contributed by atoms with van der Waals surface area (Å²) in [4.78, 5) is 68.9. The molecule has 6 amide bonds. The van der Waals surface area contributed by atoms with E-state index in [0.29, 0.717) is 88.9 Å². The van der Waals surface area contributed by atoms with Gasteiger partial charge in [0, 0.05) is 82.7 Å². The van der Waals surface area contributed by atoms with Gasteiger partial charge in [-0.05, 0) is 86.0 Å². The number of H-pyrrole nitrogens is 1. The Labute approximate surface area is 406 Å². The van der Waals surface area contributed by atoms with Crippen LogP contribution in [-0.2, 0) is 31.0 Å². The molecule has 3 aromatic carbocycles. The van der Waals surface area contributed by atoms with Crippen molar-refractivity contribution in [2.75, 3.05) is 35.1 Å². The first-order chi connectivity index (χ1) is 32.8. The van der Waals surface area contributed by atoms with Crippen molar-refractivity contribution in [2.24, 2.45) is 5.11 Å². The molecule has 2 fully saturated rings. The van der Waals surface area contributed by atoms with E-state index in [-0.39, 0.29) is 53.7 Å². The Hall–Kier alpha value is -6.05. The molecular formula is C45H54N12O7S4. The molecular weight excluding hydrogens is 949 g/mol. The fourth-order valence-corrected chi connectivity index (χ4v) is 12.3. The summed E-state index contributed by atoms with van der Waals surface area (Å²) in [7, 11) is -0.967. The number of anilines is 1. The quantitative estimate of drug-likeness (QED) is 0.00850. The van der Waals surface area contributed by atoms with Gasteiger partial charge in [0.15, 0.2) is 0 Å². The lowest BCUT2D eigenvalue weighted by Gasteiger charge is -2.19. The summed E-state index contributed by atoms with van der Waals surface area (Å²) in [6.45, 7) is 2.82. The highest BCUT2D eigenvalue weighted by Gasteiger charge is 2.42. The minimum atomic E-state index is -3.94. The zero-order valence-electron chi connectivity index (χ0n) is 37.3. The van der Waals surface area contributed by atoms with Gasteiger partial charge in [0.1, 0.15) is 12.1 Å². The predicted molar refractivity (Wildman–Crippen MR) is 267 cm³/mol. The van der Waals surface area contributed by atoms with Crippen LogP contribution in [0.5, 0.6) is 0 Å². The van der Waals surface area contributed by atoms with E-state index in [1.54, 1.807) is 30.5 Å². The second-order valence-electron chi connectivity index (χ2n) is 16.2. The third-order valence-electron chi connectivity index (χ3n) is 11.3. The van der Waals surface area contributed by atoms with Gasteiger partial charge in [-0.25, -0.2) is 13.2 Å². The number of azide groups is 1. The van der Waals surface area contributed by atoms with Crippen LogP contribution in [0.2, 0.25) is 0 Å². The third kappa shape index (κ3) is 14.7. The molecule has 0 radical (unpaired) electrons. The molecule has 0 bridgehead atoms. The van der Waals surface area contributed by atoms with Gasteiger partial charge in [-0.15, -0.1) is 0 Å². The number of sulfonamides is 1. The molecule has 0 saturated carbocycles. The van der Waals surface area contributed by atoms with Crippen molar-refractivity contribution in [3.8, 4) is 6.07 Å². The number of aryl methyl sites for hydroxylation is 1. The Morgan fingerprint density at radius 3 is 2.46 bits per heavy atom. The molecule has 0 spiro atoms. The molecule has 2 aliphatic rings. The van der Waals surface area contributed by atoms with Gasteiger partial charge in [-0.1, -0.05) is 63.5 Å². The second-order valence-corrected chi connectivity index (χ2v) is 21.8. The molecule has 4 atom stereocenters. The largest absolute Gasteiger partial charge is 0.358 e. The van der Waals surface area contributed by atoms with Crippen LogP contribution in [0.4, 0.5) is 16.2 Å². The summed E-state index contributed by atoms with van der Waals surface area (Å²) in [5.41, 5.74) is 12.2. The molecule has 4 aromatic rings. The maximum atomic E-state index is 13.3. The fraction of sp³-hybridized carbons (Fsp3) is 0.422. The molecule has 3 heterocycles. The molecule has 2 saturated heterocycles. The van der Waals surface area contributed by atoms with Crippen LogP contribution in [0.25, 0.3) is 21.3 Å². The number of carbonyl (C=O) groups is 5. The number of rotatable bonds is 26. The fourth-order valence-electron chi connectivity index (χ4n) is 7.77. The molecule has 19 nitrogen and oxygen atoms in total. The zero-order valence-corrected chi connectivity index (χ0v) is 40.6. The average Bonchev–Trinajstić information content (AvgIpc) is 4.05. The van der Waals surface area contributed by atoms with E-state index in [9.17, 15) is 37.7 Å². The van der Waals surface area contributed by atoms with Crippen LogP contribution < -0.4 is 36.6 Å². The van der Waals surface area contributed by atoms with Crippen LogP contribution >= 0.6 is 33.3 Å². The Morgan fingerprint density at radius 1 is 0.926 bits per heavy atom. The first-order valence-electron chi connectivity index (χ1n) is 22.2. The number of carbonyl (C=O) groups excluding carboxylic acids is 5. The summed E-state index contributed by atoms with van der Waals surface area (Å²) in [5.74, 6) is 0.947. The number of fused-ring (bicyclic) bond motifs is 2. The van der Waals surface area contributed by atoms with Gasteiger partial charge in [-0.3, -0.25) is 23.9 Å². The van der Waals surface area contributed by atoms with E-state index in [2.05, 4.69) is 57.7 Å². The van der Waals surface area contributed by atoms with E-state index in [1.807, 2.05) is 18.7 Å². The van der Waals surface area contributed by atoms with Crippen molar-refractivity contribution in [1.29, 1.82) is 5.26 Å². The molecule has 2 aliphatic heterocycles. The zero-order chi connectivity index (χ0) is 48.5. The third-order valence-corrected chi connectivity index (χ3v) is 16.6. The summed E-state index contributed by atoms with van der Waals surface area (Å²) in [6, 6.07) is 17.1. The number of aromatic amines is 1. The van der Waals surface area contributed by atoms with E-state index >= 15 is 0 Å². The summed E-state index contributed by atoms with van der Waals surface area (Å²) in [6.07, 6.45) is 6.29. The average molecular weight is 1000 g/mol. The Morgan fingerprint density at radius 2 is 1.69 bits per heavy atom. The van der Waals surface area contributed by atoms with Crippen molar-refractivity contribution in [1.82, 2.24) is 36.9 Å². The SMILES string of the molecule is Cc1ccc(NS(=O)(=O)c2ccc(CNC(=O)CCSSCCNC(=O)C(CCCCNC(=O)CCCCC3SCC4NC(=O)NC43)NC(=O)c3ccc(N=[N+]=[N-])cc3)cc2)c2[nH]cc(C#N)c12. The molecule has 68 heavy (non-hydrogen) atoms. The van der Waals surface area contributed by atoms with Crippen LogP contribution in [-0.4, -0.2) is 96.8 Å². The number of hydrogen-bond acceptors (Lipinski definition) is 12. The number of thioether (sulfide) groups is 1. The van der Waals surface area contributed by atoms with E-state index in [0.717, 1.165) is 36.1 Å². The Balaban J connectivity index is 0.859. The van der Waals surface area contributed by atoms with Crippen molar-refractivity contribution in [3.63, 3.8) is 0 Å². The topological polar surface area (TPSA) is 292 Å². The van der Waals surface area contributed by atoms with Gasteiger partial charge >= 0.3 is 6.03 Å². The highest BCUT2D eigenvalue weighted by Crippen LogP contribution is 2.33. The van der Waals surface area contributed by atoms with Crippen molar-refractivity contribution in [2.45, 2.75) is 93.1 Å². The van der Waals surface area contributed by atoms with Gasteiger partial charge in [0.25, 0.3) is 15.9 Å². The minimum Gasteiger partial charge on any atom is -0.358 e. The molecule has 23 heteroatoms. The van der Waals surface area contributed by atoms with Crippen LogP contribution in [0, 0.1) is 18.3 Å². The maximum absolute atomic E-state index is 13.3. The van der Waals surface area contributed by atoms with Gasteiger partial charge in [-0.2, -0.15) is 17.0 Å². The number of hydrogen-bond donors (Lipinski definition) is 8. The first kappa shape index (κ1) is 51.3. The highest BCUT2D eigenvalue weighted by molar-refractivity contribution is 8.76. The second kappa shape index (κ2) is 25.4. The first-order valence-corrected chi connectivity index (χ1v) is 27.2. The summed E-state index contributed by atoms with van der Waals surface area (Å²) < 4.78 is 29.0. The maximum Gasteiger partial charge on any atom is 0.315 e. The lowest BCUT2D eigenvalue weighted by atomic mass is 10.0. The van der Waals surface area contributed by atoms with Gasteiger partial charge in [0.2, 0.25) is 17.7 Å². The van der Waals surface area contributed by atoms with Gasteiger partial charge in [0.05, 0.1) is 33.7 Å². The standard InChI is InChI=1S/C45H54N12O7S4/c1-28-9-18-34(42-40(28)31(24-46)26-51-42)56-68(63,64)33-16-10-29(11-17-33)25-50-39(59)19-22-66-67-23-21-49-44(61)35(52-43(60)30-12-14-32(15-13-30)55-57-47)6-4-5-20-48-38(58)8-3-2-7-37-41-36(27-65-37)53-45(62)54-41/h9-18,26,35-37,41,51,56H,2-8,19-23,25,27H2,1H3,(H,48,58)(H,49,61)(H,50,59)(H,52,60)(H2,53,54,62). The predicted octanol–water partition coefficient (Wildman–Crippen LogP) is 6.41. The Bertz CT molecular complexity index is 2640. The number of urea groups is 1. The van der Waals surface area contributed by atoms with E-state index in [1.165, 1.54) is 58.0 Å². The van der Waals surface area contributed by atoms with Crippen molar-refractivity contribution < 1.29 is 32.4 Å². The lowest BCUT2D eigenvalue weighted by Crippen LogP contribution is -2.47. The lowest BCUT2D eigenvalue weighted by molar-refractivity contribution is -0.123. The van der Waals surface area contributed by atoms with Crippen LogP contribution in [0.3, 0.4) is 0 Å². The molecule has 0 aliphatic carbocycles. The molecule has 1 aromatic heterocycles. The smallest absolute Gasteiger partial charge is 0.315 e. The molecule has 8 N–H and O–H groups in total. The number of benzene rings is 3. The Kier molecular flexibility index (Phi) is 19.1. The van der Waals surface area contributed by atoms with Crippen LogP contribution in [0.1, 0.15) is 78.4 Å².